The lowest BCUT2D eigenvalue weighted by atomic mass is 10.1. The zero-order valence-corrected chi connectivity index (χ0v) is 20.4. The Morgan fingerprint density at radius 1 is 1.14 bits per heavy atom. The molecule has 37 heavy (non-hydrogen) atoms. The first kappa shape index (κ1) is 26.7. The summed E-state index contributed by atoms with van der Waals surface area (Å²) in [6.45, 7) is 0.494. The van der Waals surface area contributed by atoms with Crippen molar-refractivity contribution in [3.8, 4) is 23.0 Å². The smallest absolute Gasteiger partial charge is 0.420 e. The number of sulfonamides is 1. The van der Waals surface area contributed by atoms with E-state index in [1.165, 1.54) is 23.5 Å². The van der Waals surface area contributed by atoms with E-state index in [0.29, 0.717) is 19.0 Å². The fourth-order valence-electron chi connectivity index (χ4n) is 3.89. The summed E-state index contributed by atoms with van der Waals surface area (Å²) in [6.07, 6.45) is -3.03. The highest BCUT2D eigenvalue weighted by atomic mass is 32.2. The molecule has 0 amide bonds. The summed E-state index contributed by atoms with van der Waals surface area (Å²) in [7, 11) is -2.07. The zero-order chi connectivity index (χ0) is 27.0. The number of methoxy groups -OCH3 is 1. The predicted molar refractivity (Wildman–Crippen MR) is 122 cm³/mol. The molecule has 1 aliphatic heterocycles. The van der Waals surface area contributed by atoms with Crippen LogP contribution in [0.3, 0.4) is 0 Å². The highest BCUT2D eigenvalue weighted by molar-refractivity contribution is 7.88. The third-order valence-electron chi connectivity index (χ3n) is 5.75. The quantitative estimate of drug-likeness (QED) is 0.447. The summed E-state index contributed by atoms with van der Waals surface area (Å²) in [5.41, 5.74) is -2.65. The lowest BCUT2D eigenvalue weighted by Gasteiger charge is -2.30. The number of hydrogen-bond acceptors (Lipinski definition) is 8. The molecule has 0 aliphatic carbocycles. The second kappa shape index (κ2) is 10.2. The van der Waals surface area contributed by atoms with E-state index in [2.05, 4.69) is 25.3 Å². The minimum atomic E-state index is -4.81. The average molecular weight is 548 g/mol. The van der Waals surface area contributed by atoms with Gasteiger partial charge in [-0.2, -0.15) is 13.2 Å². The Kier molecular flexibility index (Phi) is 7.32. The molecule has 0 saturated carbocycles. The van der Waals surface area contributed by atoms with Crippen LogP contribution in [-0.4, -0.2) is 69.7 Å². The van der Waals surface area contributed by atoms with Gasteiger partial charge in [0.25, 0.3) is 6.43 Å². The molecule has 3 aromatic heterocycles. The van der Waals surface area contributed by atoms with Gasteiger partial charge in [0.15, 0.2) is 0 Å². The number of ether oxygens (including phenoxy) is 1. The van der Waals surface area contributed by atoms with Gasteiger partial charge in [-0.25, -0.2) is 41.4 Å². The number of aromatic nitrogens is 5. The van der Waals surface area contributed by atoms with Gasteiger partial charge < -0.3 is 14.6 Å². The van der Waals surface area contributed by atoms with E-state index < -0.39 is 39.6 Å². The van der Waals surface area contributed by atoms with Crippen LogP contribution in [0.2, 0.25) is 0 Å². The highest BCUT2D eigenvalue weighted by Crippen LogP contribution is 2.36. The van der Waals surface area contributed by atoms with Crippen LogP contribution in [0.1, 0.15) is 30.5 Å². The molecule has 200 valence electrons. The summed E-state index contributed by atoms with van der Waals surface area (Å²) in [4.78, 5) is 15.5. The monoisotopic (exact) mass is 547 g/mol. The number of imidazole rings is 1. The predicted octanol–water partition coefficient (Wildman–Crippen LogP) is 3.53. The van der Waals surface area contributed by atoms with Crippen molar-refractivity contribution >= 4 is 16.0 Å². The second-order valence-electron chi connectivity index (χ2n) is 8.26. The molecule has 0 atom stereocenters. The maximum atomic E-state index is 13.7. The summed E-state index contributed by atoms with van der Waals surface area (Å²) < 4.78 is 99.1. The van der Waals surface area contributed by atoms with Gasteiger partial charge in [0, 0.05) is 37.6 Å². The van der Waals surface area contributed by atoms with Crippen molar-refractivity contribution in [2.75, 3.05) is 31.8 Å². The van der Waals surface area contributed by atoms with Crippen molar-refractivity contribution in [3.05, 3.63) is 42.1 Å². The Bertz CT molecular complexity index is 1370. The van der Waals surface area contributed by atoms with Crippen molar-refractivity contribution in [2.45, 2.75) is 31.5 Å². The van der Waals surface area contributed by atoms with Gasteiger partial charge in [0.2, 0.25) is 21.9 Å². The molecule has 16 heteroatoms. The lowest BCUT2D eigenvalue weighted by molar-refractivity contribution is -0.137. The number of piperidine rings is 1. The van der Waals surface area contributed by atoms with Crippen molar-refractivity contribution in [1.29, 1.82) is 0 Å². The molecule has 0 aromatic carbocycles. The lowest BCUT2D eigenvalue weighted by Crippen LogP contribution is -2.42. The van der Waals surface area contributed by atoms with E-state index in [-0.39, 0.29) is 42.3 Å². The van der Waals surface area contributed by atoms with Gasteiger partial charge in [-0.1, -0.05) is 0 Å². The second-order valence-corrected chi connectivity index (χ2v) is 10.2. The maximum absolute atomic E-state index is 13.7. The van der Waals surface area contributed by atoms with Crippen LogP contribution in [0.4, 0.5) is 27.9 Å². The Morgan fingerprint density at radius 3 is 2.43 bits per heavy atom. The van der Waals surface area contributed by atoms with Gasteiger partial charge in [-0.15, -0.1) is 0 Å². The van der Waals surface area contributed by atoms with Gasteiger partial charge in [0.1, 0.15) is 29.0 Å². The SMILES string of the molecule is COc1ccc(-n2cnc(-c3nc(NC4CCN(S(C)(=O)=O)CC4)ncc3C(F)(F)F)c2)c(C(F)F)n1. The number of pyridine rings is 1. The average Bonchev–Trinajstić information content (AvgIpc) is 3.33. The van der Waals surface area contributed by atoms with Gasteiger partial charge >= 0.3 is 6.18 Å². The molecule has 0 radical (unpaired) electrons. The molecule has 1 fully saturated rings. The molecule has 1 saturated heterocycles. The molecule has 10 nitrogen and oxygen atoms in total. The van der Waals surface area contributed by atoms with Crippen LogP contribution >= 0.6 is 0 Å². The minimum Gasteiger partial charge on any atom is -0.481 e. The number of hydrogen-bond donors (Lipinski definition) is 1. The van der Waals surface area contributed by atoms with Crippen LogP contribution < -0.4 is 10.1 Å². The number of halogens is 5. The summed E-state index contributed by atoms with van der Waals surface area (Å²) in [5.74, 6) is -0.151. The topological polar surface area (TPSA) is 115 Å². The number of nitrogens with one attached hydrogen (secondary N) is 1. The fourth-order valence-corrected chi connectivity index (χ4v) is 4.76. The van der Waals surface area contributed by atoms with Crippen molar-refractivity contribution in [1.82, 2.24) is 28.8 Å². The molecule has 4 heterocycles. The standard InChI is InChI=1S/C21H22F5N7O3S/c1-36-16-4-3-15(18(30-16)19(22)23)32-10-14(28-11-32)17-13(21(24,25)26)9-27-20(31-17)29-12-5-7-33(8-6-12)37(2,34)35/h3-4,9-12,19H,5-8H2,1-2H3,(H,27,29,31). The first-order valence-corrected chi connectivity index (χ1v) is 12.8. The van der Waals surface area contributed by atoms with E-state index >= 15 is 0 Å². The molecule has 3 aromatic rings. The van der Waals surface area contributed by atoms with Crippen LogP contribution in [0, 0.1) is 0 Å². The number of anilines is 1. The Hall–Kier alpha value is -3.40. The van der Waals surface area contributed by atoms with Crippen molar-refractivity contribution in [3.63, 3.8) is 0 Å². The van der Waals surface area contributed by atoms with E-state index in [1.807, 2.05) is 0 Å². The summed E-state index contributed by atoms with van der Waals surface area (Å²) in [6, 6.07) is 2.36. The Labute approximate surface area is 208 Å². The van der Waals surface area contributed by atoms with E-state index in [1.54, 1.807) is 0 Å². The number of rotatable bonds is 7. The Balaban J connectivity index is 1.65. The maximum Gasteiger partial charge on any atom is 0.420 e. The van der Waals surface area contributed by atoms with E-state index in [9.17, 15) is 30.4 Å². The van der Waals surface area contributed by atoms with Crippen molar-refractivity contribution < 1.29 is 35.1 Å². The zero-order valence-electron chi connectivity index (χ0n) is 19.6. The molecule has 1 N–H and O–H groups in total. The van der Waals surface area contributed by atoms with E-state index in [4.69, 9.17) is 4.74 Å². The number of alkyl halides is 5. The van der Waals surface area contributed by atoms with Crippen LogP contribution in [0.25, 0.3) is 17.1 Å². The van der Waals surface area contributed by atoms with Gasteiger partial charge in [0.05, 0.1) is 19.1 Å². The fraction of sp³-hybridized carbons (Fsp3) is 0.429. The van der Waals surface area contributed by atoms with Crippen LogP contribution in [0.5, 0.6) is 5.88 Å². The Morgan fingerprint density at radius 2 is 1.84 bits per heavy atom. The molecule has 4 rings (SSSR count). The number of nitrogens with zero attached hydrogens (tertiary/aromatic N) is 6. The summed E-state index contributed by atoms with van der Waals surface area (Å²) >= 11 is 0. The third-order valence-corrected chi connectivity index (χ3v) is 7.05. The highest BCUT2D eigenvalue weighted by Gasteiger charge is 2.36. The molecular weight excluding hydrogens is 525 g/mol. The summed E-state index contributed by atoms with van der Waals surface area (Å²) in [5, 5.41) is 2.95. The molecule has 0 bridgehead atoms. The van der Waals surface area contributed by atoms with Gasteiger partial charge in [-0.3, -0.25) is 0 Å². The first-order valence-electron chi connectivity index (χ1n) is 10.9. The minimum absolute atomic E-state index is 0.0485. The molecular formula is C21H22F5N7O3S. The molecule has 0 spiro atoms. The largest absolute Gasteiger partial charge is 0.481 e. The van der Waals surface area contributed by atoms with Crippen molar-refractivity contribution in [2.24, 2.45) is 0 Å². The molecule has 1 aliphatic rings. The third kappa shape index (κ3) is 5.95. The normalized spacial score (nSPS) is 15.8. The molecule has 0 unspecified atom stereocenters. The van der Waals surface area contributed by atoms with Crippen LogP contribution in [0.15, 0.2) is 30.9 Å². The van der Waals surface area contributed by atoms with E-state index in [0.717, 1.165) is 23.3 Å². The van der Waals surface area contributed by atoms with Crippen LogP contribution in [-0.2, 0) is 16.2 Å². The first-order chi connectivity index (χ1) is 17.4. The van der Waals surface area contributed by atoms with Gasteiger partial charge in [-0.05, 0) is 18.9 Å².